The van der Waals surface area contributed by atoms with Crippen LogP contribution in [0.1, 0.15) is 45.7 Å². The van der Waals surface area contributed by atoms with Crippen molar-refractivity contribution in [3.8, 4) is 6.07 Å². The zero-order valence-corrected chi connectivity index (χ0v) is 19.2. The second-order valence-corrected chi connectivity index (χ2v) is 9.32. The van der Waals surface area contributed by atoms with E-state index in [1.165, 1.54) is 0 Å². The summed E-state index contributed by atoms with van der Waals surface area (Å²) in [5.41, 5.74) is 1.45. The summed E-state index contributed by atoms with van der Waals surface area (Å²) in [7, 11) is 0. The molecule has 1 saturated heterocycles. The molecule has 0 unspecified atom stereocenters. The Morgan fingerprint density at radius 2 is 2.15 bits per heavy atom. The third kappa shape index (κ3) is 5.75. The van der Waals surface area contributed by atoms with Crippen molar-refractivity contribution >= 4 is 34.2 Å². The largest absolute Gasteiger partial charge is 0.460 e. The molecule has 0 amide bonds. The fraction of sp³-hybridized carbons (Fsp3) is 0.400. The highest BCUT2D eigenvalue weighted by molar-refractivity contribution is 5.83. The first kappa shape index (κ1) is 22.5. The minimum absolute atomic E-state index is 0.173. The van der Waals surface area contributed by atoms with Crippen LogP contribution in [0.4, 0.5) is 17.3 Å². The Bertz CT molecular complexity index is 1200. The van der Waals surface area contributed by atoms with Crippen LogP contribution in [0.15, 0.2) is 42.7 Å². The second kappa shape index (κ2) is 9.41. The first-order chi connectivity index (χ1) is 15.8. The fourth-order valence-electron chi connectivity index (χ4n) is 4.05. The number of fused-ring (bicyclic) bond motifs is 1. The molecule has 0 bridgehead atoms. The number of nitrogens with zero attached hydrogens (tertiary/aromatic N) is 5. The van der Waals surface area contributed by atoms with Crippen LogP contribution in [0.2, 0.25) is 0 Å². The van der Waals surface area contributed by atoms with Crippen molar-refractivity contribution in [1.82, 2.24) is 15.0 Å². The SMILES string of the molecule is CC(C)(C)OC(=O)C[C@@H]1CCCN(c2cnc(C#N)c(Nc3ccc4ncccc4c3)n2)C1. The van der Waals surface area contributed by atoms with Crippen LogP contribution in [0.5, 0.6) is 0 Å². The molecule has 1 aliphatic rings. The third-order valence-corrected chi connectivity index (χ3v) is 5.45. The predicted molar refractivity (Wildman–Crippen MR) is 127 cm³/mol. The average Bonchev–Trinajstić information content (AvgIpc) is 2.78. The summed E-state index contributed by atoms with van der Waals surface area (Å²) < 4.78 is 5.49. The molecular weight excluding hydrogens is 416 g/mol. The van der Waals surface area contributed by atoms with Crippen LogP contribution in [-0.2, 0) is 9.53 Å². The van der Waals surface area contributed by atoms with E-state index in [0.717, 1.165) is 36.0 Å². The predicted octanol–water partition coefficient (Wildman–Crippen LogP) is 4.59. The summed E-state index contributed by atoms with van der Waals surface area (Å²) in [4.78, 5) is 27.8. The van der Waals surface area contributed by atoms with Gasteiger partial charge in [0.05, 0.1) is 18.1 Å². The lowest BCUT2D eigenvalue weighted by atomic mass is 9.95. The maximum Gasteiger partial charge on any atom is 0.306 e. The lowest BCUT2D eigenvalue weighted by Gasteiger charge is -2.33. The average molecular weight is 445 g/mol. The number of pyridine rings is 1. The fourth-order valence-corrected chi connectivity index (χ4v) is 4.05. The van der Waals surface area contributed by atoms with Gasteiger partial charge in [0.1, 0.15) is 17.5 Å². The standard InChI is InChI=1S/C25H28N6O2/c1-25(2,3)33-23(32)12-17-6-5-11-31(16-17)22-15-28-21(14-26)24(30-22)29-19-8-9-20-18(13-19)7-4-10-27-20/h4,7-10,13,15,17H,5-6,11-12,16H2,1-3H3,(H,29,30)/t17-/m0/s1. The molecule has 2 aromatic heterocycles. The van der Waals surface area contributed by atoms with Crippen LogP contribution < -0.4 is 10.2 Å². The number of hydrogen-bond donors (Lipinski definition) is 1. The minimum atomic E-state index is -0.483. The van der Waals surface area contributed by atoms with Crippen LogP contribution in [0, 0.1) is 17.2 Å². The molecule has 4 rings (SSSR count). The number of aromatic nitrogens is 3. The van der Waals surface area contributed by atoms with Gasteiger partial charge in [-0.3, -0.25) is 9.78 Å². The normalized spacial score (nSPS) is 16.3. The molecule has 33 heavy (non-hydrogen) atoms. The topological polar surface area (TPSA) is 104 Å². The maximum absolute atomic E-state index is 12.3. The summed E-state index contributed by atoms with van der Waals surface area (Å²) >= 11 is 0. The summed E-state index contributed by atoms with van der Waals surface area (Å²) in [5.74, 6) is 1.12. The summed E-state index contributed by atoms with van der Waals surface area (Å²) in [6, 6.07) is 11.8. The first-order valence-corrected chi connectivity index (χ1v) is 11.2. The molecule has 0 spiro atoms. The highest BCUT2D eigenvalue weighted by Gasteiger charge is 2.26. The van der Waals surface area contributed by atoms with Gasteiger partial charge in [-0.05, 0) is 63.8 Å². The maximum atomic E-state index is 12.3. The van der Waals surface area contributed by atoms with Crippen molar-refractivity contribution in [2.75, 3.05) is 23.3 Å². The third-order valence-electron chi connectivity index (χ3n) is 5.45. The van der Waals surface area contributed by atoms with Gasteiger partial charge in [-0.25, -0.2) is 9.97 Å². The van der Waals surface area contributed by atoms with Gasteiger partial charge in [0, 0.05) is 30.4 Å². The van der Waals surface area contributed by atoms with Gasteiger partial charge in [0.2, 0.25) is 0 Å². The Labute approximate surface area is 193 Å². The Balaban J connectivity index is 1.51. The molecule has 1 aromatic carbocycles. The molecule has 170 valence electrons. The van der Waals surface area contributed by atoms with E-state index in [4.69, 9.17) is 9.72 Å². The number of nitriles is 1. The lowest BCUT2D eigenvalue weighted by Crippen LogP contribution is -2.37. The van der Waals surface area contributed by atoms with E-state index < -0.39 is 5.60 Å². The van der Waals surface area contributed by atoms with Crippen LogP contribution in [0.25, 0.3) is 10.9 Å². The van der Waals surface area contributed by atoms with Crippen molar-refractivity contribution in [3.63, 3.8) is 0 Å². The summed E-state index contributed by atoms with van der Waals surface area (Å²) in [5, 5.41) is 13.8. The number of rotatable bonds is 5. The number of esters is 1. The van der Waals surface area contributed by atoms with E-state index in [0.29, 0.717) is 24.6 Å². The quantitative estimate of drug-likeness (QED) is 0.570. The molecule has 3 heterocycles. The molecule has 0 radical (unpaired) electrons. The zero-order valence-electron chi connectivity index (χ0n) is 19.2. The Hall–Kier alpha value is -3.73. The number of piperidine rings is 1. The van der Waals surface area contributed by atoms with Gasteiger partial charge in [0.15, 0.2) is 11.5 Å². The van der Waals surface area contributed by atoms with Crippen molar-refractivity contribution in [2.45, 2.75) is 45.6 Å². The second-order valence-electron chi connectivity index (χ2n) is 9.32. The summed E-state index contributed by atoms with van der Waals surface area (Å²) in [6.45, 7) is 7.16. The number of hydrogen-bond acceptors (Lipinski definition) is 8. The molecule has 8 nitrogen and oxygen atoms in total. The summed E-state index contributed by atoms with van der Waals surface area (Å²) in [6.07, 6.45) is 5.69. The van der Waals surface area contributed by atoms with Gasteiger partial charge in [-0.1, -0.05) is 6.07 Å². The molecule has 3 aromatic rings. The van der Waals surface area contributed by atoms with Gasteiger partial charge in [-0.2, -0.15) is 5.26 Å². The lowest BCUT2D eigenvalue weighted by molar-refractivity contribution is -0.156. The Kier molecular flexibility index (Phi) is 6.40. The van der Waals surface area contributed by atoms with Crippen LogP contribution in [-0.4, -0.2) is 39.6 Å². The number of carbonyl (C=O) groups is 1. The molecule has 0 aliphatic carbocycles. The van der Waals surface area contributed by atoms with Crippen molar-refractivity contribution < 1.29 is 9.53 Å². The number of anilines is 3. The minimum Gasteiger partial charge on any atom is -0.460 e. The molecular formula is C25H28N6O2. The monoisotopic (exact) mass is 444 g/mol. The van der Waals surface area contributed by atoms with Crippen molar-refractivity contribution in [2.24, 2.45) is 5.92 Å². The smallest absolute Gasteiger partial charge is 0.306 e. The van der Waals surface area contributed by atoms with Crippen LogP contribution >= 0.6 is 0 Å². The van der Waals surface area contributed by atoms with Gasteiger partial charge in [-0.15, -0.1) is 0 Å². The van der Waals surface area contributed by atoms with Gasteiger partial charge in [0.25, 0.3) is 0 Å². The zero-order chi connectivity index (χ0) is 23.4. The van der Waals surface area contributed by atoms with E-state index in [9.17, 15) is 10.1 Å². The highest BCUT2D eigenvalue weighted by Crippen LogP contribution is 2.27. The number of nitrogens with one attached hydrogen (secondary N) is 1. The van der Waals surface area contributed by atoms with E-state index >= 15 is 0 Å². The molecule has 0 saturated carbocycles. The molecule has 1 N–H and O–H groups in total. The highest BCUT2D eigenvalue weighted by atomic mass is 16.6. The number of ether oxygens (including phenoxy) is 1. The van der Waals surface area contributed by atoms with Crippen LogP contribution in [0.3, 0.4) is 0 Å². The Morgan fingerprint density at radius 1 is 1.30 bits per heavy atom. The van der Waals surface area contributed by atoms with Crippen molar-refractivity contribution in [1.29, 1.82) is 5.26 Å². The molecule has 8 heteroatoms. The van der Waals surface area contributed by atoms with Gasteiger partial charge >= 0.3 is 5.97 Å². The van der Waals surface area contributed by atoms with E-state index in [-0.39, 0.29) is 17.6 Å². The first-order valence-electron chi connectivity index (χ1n) is 11.2. The van der Waals surface area contributed by atoms with Crippen molar-refractivity contribution in [3.05, 3.63) is 48.4 Å². The molecule has 1 fully saturated rings. The number of benzene rings is 1. The molecule has 1 aliphatic heterocycles. The van der Waals surface area contributed by atoms with Gasteiger partial charge < -0.3 is 15.0 Å². The van der Waals surface area contributed by atoms with E-state index in [1.807, 2.05) is 51.1 Å². The van der Waals surface area contributed by atoms with E-state index in [2.05, 4.69) is 26.3 Å². The molecule has 1 atom stereocenters. The van der Waals surface area contributed by atoms with E-state index in [1.54, 1.807) is 12.4 Å². The Morgan fingerprint density at radius 3 is 2.94 bits per heavy atom. The number of carbonyl (C=O) groups excluding carboxylic acids is 1.